The number of fused-ring (bicyclic) bond motifs is 1. The predicted octanol–water partition coefficient (Wildman–Crippen LogP) is 4.03. The molecule has 1 unspecified atom stereocenters. The summed E-state index contributed by atoms with van der Waals surface area (Å²) < 4.78 is 5.72. The van der Waals surface area contributed by atoms with E-state index in [0.29, 0.717) is 6.04 Å². The average Bonchev–Trinajstić information content (AvgIpc) is 2.38. The molecule has 0 saturated carbocycles. The lowest BCUT2D eigenvalue weighted by Gasteiger charge is -2.31. The molecule has 0 spiro atoms. The molecule has 106 valence electrons. The van der Waals surface area contributed by atoms with E-state index in [9.17, 15) is 0 Å². The zero-order chi connectivity index (χ0) is 13.8. The Morgan fingerprint density at radius 1 is 1.16 bits per heavy atom. The van der Waals surface area contributed by atoms with Gasteiger partial charge in [-0.3, -0.25) is 0 Å². The van der Waals surface area contributed by atoms with E-state index in [-0.39, 0.29) is 0 Å². The lowest BCUT2D eigenvalue weighted by molar-refractivity contribution is 0.225. The first-order chi connectivity index (χ1) is 9.09. The molecular weight excluding hydrogens is 234 g/mol. The topological polar surface area (TPSA) is 21.3 Å². The van der Waals surface area contributed by atoms with Crippen molar-refractivity contribution in [1.82, 2.24) is 5.32 Å². The summed E-state index contributed by atoms with van der Waals surface area (Å²) in [5.74, 6) is 3.23. The zero-order valence-corrected chi connectivity index (χ0v) is 12.6. The number of nitrogens with one attached hydrogen (secondary N) is 1. The van der Waals surface area contributed by atoms with Gasteiger partial charge in [0, 0.05) is 18.0 Å². The van der Waals surface area contributed by atoms with Gasteiger partial charge in [-0.15, -0.1) is 0 Å². The van der Waals surface area contributed by atoms with Gasteiger partial charge in [-0.1, -0.05) is 45.9 Å². The molecule has 2 heteroatoms. The van der Waals surface area contributed by atoms with Crippen LogP contribution in [0.3, 0.4) is 0 Å². The highest BCUT2D eigenvalue weighted by Gasteiger charge is 2.23. The van der Waals surface area contributed by atoms with Crippen LogP contribution in [0.1, 0.15) is 45.7 Å². The summed E-state index contributed by atoms with van der Waals surface area (Å²) in [6.07, 6.45) is 1.07. The molecule has 1 aliphatic heterocycles. The molecule has 0 fully saturated rings. The fourth-order valence-electron chi connectivity index (χ4n) is 3.07. The lowest BCUT2D eigenvalue weighted by Crippen LogP contribution is -2.34. The van der Waals surface area contributed by atoms with Crippen molar-refractivity contribution in [1.29, 1.82) is 0 Å². The minimum atomic E-state index is 0.449. The second kappa shape index (κ2) is 6.42. The molecule has 1 aromatic carbocycles. The largest absolute Gasteiger partial charge is 0.493 e. The first-order valence-corrected chi connectivity index (χ1v) is 7.54. The fraction of sp³-hybridized carbons (Fsp3) is 0.647. The van der Waals surface area contributed by atoms with Crippen LogP contribution < -0.4 is 10.1 Å². The predicted molar refractivity (Wildman–Crippen MR) is 80.5 cm³/mol. The summed E-state index contributed by atoms with van der Waals surface area (Å²) in [6.45, 7) is 11.2. The fourth-order valence-corrected chi connectivity index (χ4v) is 3.07. The van der Waals surface area contributed by atoms with Crippen molar-refractivity contribution in [2.24, 2.45) is 17.8 Å². The maximum atomic E-state index is 5.72. The van der Waals surface area contributed by atoms with Crippen molar-refractivity contribution in [2.45, 2.75) is 40.2 Å². The molecule has 0 aliphatic carbocycles. The van der Waals surface area contributed by atoms with Gasteiger partial charge in [0.25, 0.3) is 0 Å². The number of hydrogen-bond donors (Lipinski definition) is 1. The van der Waals surface area contributed by atoms with E-state index in [4.69, 9.17) is 4.74 Å². The van der Waals surface area contributed by atoms with Gasteiger partial charge in [-0.25, -0.2) is 0 Å². The summed E-state index contributed by atoms with van der Waals surface area (Å²) in [7, 11) is 0. The van der Waals surface area contributed by atoms with Crippen molar-refractivity contribution < 1.29 is 4.74 Å². The minimum absolute atomic E-state index is 0.449. The second-order valence-electron chi connectivity index (χ2n) is 6.29. The third kappa shape index (κ3) is 3.50. The van der Waals surface area contributed by atoms with Crippen LogP contribution in [-0.2, 0) is 0 Å². The first kappa shape index (κ1) is 14.4. The van der Waals surface area contributed by atoms with Gasteiger partial charge < -0.3 is 10.1 Å². The minimum Gasteiger partial charge on any atom is -0.493 e. The number of rotatable bonds is 5. The van der Waals surface area contributed by atoms with Gasteiger partial charge in [0.15, 0.2) is 0 Å². The van der Waals surface area contributed by atoms with Crippen molar-refractivity contribution in [3.63, 3.8) is 0 Å². The van der Waals surface area contributed by atoms with Crippen LogP contribution in [0.15, 0.2) is 24.3 Å². The maximum Gasteiger partial charge on any atom is 0.124 e. The molecule has 0 radical (unpaired) electrons. The molecule has 1 heterocycles. The van der Waals surface area contributed by atoms with Crippen molar-refractivity contribution >= 4 is 0 Å². The molecule has 2 rings (SSSR count). The number of ether oxygens (including phenoxy) is 1. The Kier molecular flexibility index (Phi) is 4.87. The average molecular weight is 261 g/mol. The molecule has 0 saturated heterocycles. The Morgan fingerprint density at radius 3 is 2.53 bits per heavy atom. The van der Waals surface area contributed by atoms with E-state index in [1.807, 2.05) is 6.07 Å². The first-order valence-electron chi connectivity index (χ1n) is 7.54. The van der Waals surface area contributed by atoms with E-state index in [2.05, 4.69) is 51.2 Å². The zero-order valence-electron chi connectivity index (χ0n) is 12.6. The van der Waals surface area contributed by atoms with Crippen LogP contribution in [0.2, 0.25) is 0 Å². The number of hydrogen-bond acceptors (Lipinski definition) is 2. The van der Waals surface area contributed by atoms with E-state index in [1.165, 1.54) is 5.56 Å². The van der Waals surface area contributed by atoms with Crippen molar-refractivity contribution in [3.05, 3.63) is 29.8 Å². The van der Waals surface area contributed by atoms with Gasteiger partial charge in [-0.05, 0) is 30.4 Å². The van der Waals surface area contributed by atoms with E-state index < -0.39 is 0 Å². The van der Waals surface area contributed by atoms with Crippen LogP contribution in [0.5, 0.6) is 5.75 Å². The quantitative estimate of drug-likeness (QED) is 0.864. The highest BCUT2D eigenvalue weighted by molar-refractivity contribution is 5.37. The van der Waals surface area contributed by atoms with Crippen LogP contribution in [0.25, 0.3) is 0 Å². The number of benzene rings is 1. The van der Waals surface area contributed by atoms with Gasteiger partial charge in [-0.2, -0.15) is 0 Å². The molecule has 2 nitrogen and oxygen atoms in total. The Labute approximate surface area is 117 Å². The van der Waals surface area contributed by atoms with Crippen molar-refractivity contribution in [3.8, 4) is 5.75 Å². The summed E-state index contributed by atoms with van der Waals surface area (Å²) in [4.78, 5) is 0. The normalized spacial score (nSPS) is 18.8. The third-order valence-electron chi connectivity index (χ3n) is 4.27. The summed E-state index contributed by atoms with van der Waals surface area (Å²) in [6, 6.07) is 8.86. The Hall–Kier alpha value is -1.02. The molecule has 1 aliphatic rings. The highest BCUT2D eigenvalue weighted by Crippen LogP contribution is 2.32. The van der Waals surface area contributed by atoms with E-state index >= 15 is 0 Å². The maximum absolute atomic E-state index is 5.72. The Balaban J connectivity index is 2.01. The van der Waals surface area contributed by atoms with Gasteiger partial charge in [0.05, 0.1) is 6.61 Å². The lowest BCUT2D eigenvalue weighted by atomic mass is 9.85. The highest BCUT2D eigenvalue weighted by atomic mass is 16.5. The van der Waals surface area contributed by atoms with Gasteiger partial charge in [0.2, 0.25) is 0 Å². The second-order valence-corrected chi connectivity index (χ2v) is 6.29. The van der Waals surface area contributed by atoms with E-state index in [0.717, 1.165) is 43.1 Å². The smallest absolute Gasteiger partial charge is 0.124 e. The molecule has 0 bridgehead atoms. The van der Waals surface area contributed by atoms with E-state index in [1.54, 1.807) is 0 Å². The summed E-state index contributed by atoms with van der Waals surface area (Å²) in [5, 5.41) is 3.76. The van der Waals surface area contributed by atoms with Crippen LogP contribution >= 0.6 is 0 Å². The number of para-hydroxylation sites is 1. The summed E-state index contributed by atoms with van der Waals surface area (Å²) in [5.41, 5.74) is 1.32. The van der Waals surface area contributed by atoms with Crippen molar-refractivity contribution in [2.75, 3.05) is 13.2 Å². The van der Waals surface area contributed by atoms with Crippen LogP contribution in [0, 0.1) is 17.8 Å². The molecule has 19 heavy (non-hydrogen) atoms. The summed E-state index contributed by atoms with van der Waals surface area (Å²) >= 11 is 0. The van der Waals surface area contributed by atoms with Gasteiger partial charge >= 0.3 is 0 Å². The molecular formula is C17H27NO. The molecule has 1 atom stereocenters. The Bertz CT molecular complexity index is 392. The van der Waals surface area contributed by atoms with Gasteiger partial charge in [0.1, 0.15) is 5.75 Å². The Morgan fingerprint density at radius 2 is 1.84 bits per heavy atom. The molecule has 1 N–H and O–H groups in total. The molecule has 0 aromatic heterocycles. The monoisotopic (exact) mass is 261 g/mol. The third-order valence-corrected chi connectivity index (χ3v) is 4.27. The standard InChI is InChI=1S/C17H27NO/c1-12(2)15(13(3)4)11-18-16-9-10-19-17-8-6-5-7-14(16)17/h5-8,12-13,15-16,18H,9-11H2,1-4H3. The molecule has 0 amide bonds. The molecule has 1 aromatic rings. The van der Waals surface area contributed by atoms with Crippen LogP contribution in [-0.4, -0.2) is 13.2 Å². The van der Waals surface area contributed by atoms with Crippen LogP contribution in [0.4, 0.5) is 0 Å². The SMILES string of the molecule is CC(C)C(CNC1CCOc2ccccc21)C(C)C.